The van der Waals surface area contributed by atoms with Gasteiger partial charge in [-0.15, -0.1) is 0 Å². The number of hydrogen-bond donors (Lipinski definition) is 1. The van der Waals surface area contributed by atoms with Crippen LogP contribution in [0.4, 0.5) is 4.79 Å². The Morgan fingerprint density at radius 2 is 2.05 bits per heavy atom. The first-order valence-corrected chi connectivity index (χ1v) is 7.40. The maximum atomic E-state index is 12.6. The molecule has 3 rings (SSSR count). The van der Waals surface area contributed by atoms with E-state index in [2.05, 4.69) is 0 Å². The van der Waals surface area contributed by atoms with Crippen LogP contribution in [0.5, 0.6) is 0 Å². The minimum Gasteiger partial charge on any atom is -0.479 e. The number of hydrogen-bond acceptors (Lipinski definition) is 2. The van der Waals surface area contributed by atoms with Gasteiger partial charge in [0.05, 0.1) is 0 Å². The molecule has 0 spiro atoms. The van der Waals surface area contributed by atoms with Crippen LogP contribution >= 0.6 is 0 Å². The third-order valence-electron chi connectivity index (χ3n) is 4.32. The standard InChI is InChI=1S/C16H20N2O3/c1-17(10-11-6-7-11)16(21)18-9-8-12-4-2-3-5-13(12)14(18)15(19)20/h2-5,11,14H,6-10H2,1H3,(H,19,20). The van der Waals surface area contributed by atoms with Crippen LogP contribution in [0.25, 0.3) is 0 Å². The van der Waals surface area contributed by atoms with Crippen LogP contribution in [0.1, 0.15) is 30.0 Å². The number of rotatable bonds is 3. The fraction of sp³-hybridized carbons (Fsp3) is 0.500. The van der Waals surface area contributed by atoms with Crippen molar-refractivity contribution in [3.8, 4) is 0 Å². The number of carbonyl (C=O) groups is 2. The van der Waals surface area contributed by atoms with Crippen molar-refractivity contribution in [2.45, 2.75) is 25.3 Å². The van der Waals surface area contributed by atoms with Crippen molar-refractivity contribution >= 4 is 12.0 Å². The molecule has 2 aliphatic rings. The summed E-state index contributed by atoms with van der Waals surface area (Å²) in [6.45, 7) is 1.19. The predicted octanol–water partition coefficient (Wildman–Crippen LogP) is 2.13. The van der Waals surface area contributed by atoms with E-state index in [0.717, 1.165) is 17.7 Å². The summed E-state index contributed by atoms with van der Waals surface area (Å²) < 4.78 is 0. The summed E-state index contributed by atoms with van der Waals surface area (Å²) in [6, 6.07) is 6.45. The van der Waals surface area contributed by atoms with Crippen LogP contribution in [0, 0.1) is 5.92 Å². The minimum atomic E-state index is -0.963. The second-order valence-corrected chi connectivity index (χ2v) is 5.99. The highest BCUT2D eigenvalue weighted by Gasteiger charge is 2.37. The number of aliphatic carboxylic acids is 1. The lowest BCUT2D eigenvalue weighted by Gasteiger charge is -2.37. The second-order valence-electron chi connectivity index (χ2n) is 5.99. The molecule has 5 nitrogen and oxygen atoms in total. The molecule has 1 saturated carbocycles. The van der Waals surface area contributed by atoms with E-state index in [-0.39, 0.29) is 6.03 Å². The molecular weight excluding hydrogens is 268 g/mol. The molecule has 112 valence electrons. The summed E-state index contributed by atoms with van der Waals surface area (Å²) in [5.41, 5.74) is 1.77. The monoisotopic (exact) mass is 288 g/mol. The van der Waals surface area contributed by atoms with Gasteiger partial charge in [-0.05, 0) is 36.3 Å². The highest BCUT2D eigenvalue weighted by Crippen LogP contribution is 2.32. The molecule has 0 aromatic heterocycles. The van der Waals surface area contributed by atoms with E-state index in [1.54, 1.807) is 11.9 Å². The van der Waals surface area contributed by atoms with Crippen molar-refractivity contribution in [3.05, 3.63) is 35.4 Å². The largest absolute Gasteiger partial charge is 0.479 e. The van der Waals surface area contributed by atoms with E-state index in [0.29, 0.717) is 18.9 Å². The van der Waals surface area contributed by atoms with Crippen LogP contribution in [-0.2, 0) is 11.2 Å². The SMILES string of the molecule is CN(CC1CC1)C(=O)N1CCc2ccccc2C1C(=O)O. The van der Waals surface area contributed by atoms with E-state index < -0.39 is 12.0 Å². The van der Waals surface area contributed by atoms with Crippen LogP contribution in [-0.4, -0.2) is 47.0 Å². The molecular formula is C16H20N2O3. The molecule has 1 atom stereocenters. The normalized spacial score (nSPS) is 20.8. The lowest BCUT2D eigenvalue weighted by molar-refractivity contribution is -0.143. The summed E-state index contributed by atoms with van der Waals surface area (Å²) >= 11 is 0. The Kier molecular flexibility index (Phi) is 3.57. The van der Waals surface area contributed by atoms with E-state index >= 15 is 0 Å². The third kappa shape index (κ3) is 2.73. The Labute approximate surface area is 124 Å². The smallest absolute Gasteiger partial charge is 0.331 e. The van der Waals surface area contributed by atoms with Gasteiger partial charge in [-0.2, -0.15) is 0 Å². The lowest BCUT2D eigenvalue weighted by Crippen LogP contribution is -2.49. The third-order valence-corrected chi connectivity index (χ3v) is 4.32. The van der Waals surface area contributed by atoms with Crippen molar-refractivity contribution in [2.75, 3.05) is 20.1 Å². The Morgan fingerprint density at radius 1 is 1.33 bits per heavy atom. The van der Waals surface area contributed by atoms with E-state index in [1.165, 1.54) is 17.7 Å². The van der Waals surface area contributed by atoms with Gasteiger partial charge in [0.2, 0.25) is 0 Å². The first kappa shape index (κ1) is 13.9. The molecule has 1 N–H and O–H groups in total. The van der Waals surface area contributed by atoms with Gasteiger partial charge in [0, 0.05) is 20.1 Å². The fourth-order valence-corrected chi connectivity index (χ4v) is 3.02. The maximum absolute atomic E-state index is 12.6. The van der Waals surface area contributed by atoms with E-state index in [9.17, 15) is 14.7 Å². The second kappa shape index (κ2) is 5.39. The number of carboxylic acids is 1. The van der Waals surface area contributed by atoms with Crippen LogP contribution in [0.15, 0.2) is 24.3 Å². The minimum absolute atomic E-state index is 0.177. The van der Waals surface area contributed by atoms with Gasteiger partial charge < -0.3 is 14.9 Å². The van der Waals surface area contributed by atoms with Gasteiger partial charge in [-0.3, -0.25) is 0 Å². The Hall–Kier alpha value is -2.04. The molecule has 1 aromatic carbocycles. The fourth-order valence-electron chi connectivity index (χ4n) is 3.02. The van der Waals surface area contributed by atoms with Crippen molar-refractivity contribution in [1.29, 1.82) is 0 Å². The number of urea groups is 1. The summed E-state index contributed by atoms with van der Waals surface area (Å²) in [4.78, 5) is 27.4. The van der Waals surface area contributed by atoms with Crippen molar-refractivity contribution in [2.24, 2.45) is 5.92 Å². The first-order chi connectivity index (χ1) is 10.1. The quantitative estimate of drug-likeness (QED) is 0.927. The number of benzene rings is 1. The Morgan fingerprint density at radius 3 is 2.71 bits per heavy atom. The molecule has 5 heteroatoms. The summed E-state index contributed by atoms with van der Waals surface area (Å²) in [7, 11) is 1.76. The van der Waals surface area contributed by atoms with Crippen molar-refractivity contribution in [3.63, 3.8) is 0 Å². The zero-order valence-electron chi connectivity index (χ0n) is 12.2. The number of nitrogens with zero attached hydrogens (tertiary/aromatic N) is 2. The van der Waals surface area contributed by atoms with Crippen LogP contribution < -0.4 is 0 Å². The van der Waals surface area contributed by atoms with E-state index in [1.807, 2.05) is 24.3 Å². The average Bonchev–Trinajstić information content (AvgIpc) is 3.28. The van der Waals surface area contributed by atoms with Crippen LogP contribution in [0.2, 0.25) is 0 Å². The summed E-state index contributed by atoms with van der Waals surface area (Å²) in [6.07, 6.45) is 3.05. The Balaban J connectivity index is 1.84. The summed E-state index contributed by atoms with van der Waals surface area (Å²) in [5, 5.41) is 9.57. The van der Waals surface area contributed by atoms with Gasteiger partial charge in [0.25, 0.3) is 0 Å². The molecule has 0 radical (unpaired) electrons. The van der Waals surface area contributed by atoms with Crippen molar-refractivity contribution in [1.82, 2.24) is 9.80 Å². The van der Waals surface area contributed by atoms with Gasteiger partial charge in [-0.1, -0.05) is 24.3 Å². The number of carboxylic acid groups (broad SMARTS) is 1. The number of fused-ring (bicyclic) bond motifs is 1. The average molecular weight is 288 g/mol. The first-order valence-electron chi connectivity index (χ1n) is 7.40. The number of carbonyl (C=O) groups excluding carboxylic acids is 1. The van der Waals surface area contributed by atoms with Gasteiger partial charge in [0.1, 0.15) is 0 Å². The zero-order valence-corrected chi connectivity index (χ0v) is 12.2. The molecule has 1 aliphatic carbocycles. The highest BCUT2D eigenvalue weighted by molar-refractivity contribution is 5.84. The maximum Gasteiger partial charge on any atom is 0.331 e. The Bertz CT molecular complexity index is 568. The van der Waals surface area contributed by atoms with Gasteiger partial charge in [0.15, 0.2) is 6.04 Å². The molecule has 1 heterocycles. The topological polar surface area (TPSA) is 60.9 Å². The zero-order chi connectivity index (χ0) is 15.0. The highest BCUT2D eigenvalue weighted by atomic mass is 16.4. The molecule has 1 fully saturated rings. The van der Waals surface area contributed by atoms with Crippen LogP contribution in [0.3, 0.4) is 0 Å². The predicted molar refractivity (Wildman–Crippen MR) is 78.0 cm³/mol. The lowest BCUT2D eigenvalue weighted by atomic mass is 9.93. The van der Waals surface area contributed by atoms with Crippen molar-refractivity contribution < 1.29 is 14.7 Å². The van der Waals surface area contributed by atoms with Gasteiger partial charge >= 0.3 is 12.0 Å². The van der Waals surface area contributed by atoms with Gasteiger partial charge in [-0.25, -0.2) is 9.59 Å². The van der Waals surface area contributed by atoms with E-state index in [4.69, 9.17) is 0 Å². The molecule has 0 saturated heterocycles. The molecule has 2 amide bonds. The molecule has 0 bridgehead atoms. The molecule has 1 aromatic rings. The molecule has 21 heavy (non-hydrogen) atoms. The summed E-state index contributed by atoms with van der Waals surface area (Å²) in [5.74, 6) is -0.366. The molecule has 1 unspecified atom stereocenters. The number of amides is 2. The molecule has 1 aliphatic heterocycles.